The minimum atomic E-state index is -1.86. The Morgan fingerprint density at radius 1 is 1.07 bits per heavy atom. The lowest BCUT2D eigenvalue weighted by molar-refractivity contribution is -0.346. The van der Waals surface area contributed by atoms with Gasteiger partial charge in [-0.15, -0.1) is 0 Å². The molecule has 5 rings (SSSR count). The van der Waals surface area contributed by atoms with Gasteiger partial charge in [0.1, 0.15) is 23.9 Å². The number of hydrogen-bond donors (Lipinski definition) is 2. The van der Waals surface area contributed by atoms with Gasteiger partial charge in [-0.3, -0.25) is 9.59 Å². The zero-order valence-electron chi connectivity index (χ0n) is 24.6. The van der Waals surface area contributed by atoms with Crippen LogP contribution < -0.4 is 0 Å². The predicted molar refractivity (Wildman–Crippen MR) is 145 cm³/mol. The molecule has 41 heavy (non-hydrogen) atoms. The number of carbonyl (C=O) groups is 3. The molecule has 10 heteroatoms. The van der Waals surface area contributed by atoms with Crippen molar-refractivity contribution in [3.8, 4) is 0 Å². The van der Waals surface area contributed by atoms with Crippen molar-refractivity contribution in [2.45, 2.75) is 89.2 Å². The number of hydrogen-bond acceptors (Lipinski definition) is 10. The molecule has 1 aromatic carbocycles. The maximum Gasteiger partial charge on any atom is 0.338 e. The molecule has 224 valence electrons. The summed E-state index contributed by atoms with van der Waals surface area (Å²) in [6, 6.07) is 8.32. The third-order valence-corrected chi connectivity index (χ3v) is 10.4. The fourth-order valence-corrected chi connectivity index (χ4v) is 8.09. The van der Waals surface area contributed by atoms with Crippen LogP contribution in [0, 0.1) is 16.7 Å². The van der Waals surface area contributed by atoms with Crippen LogP contribution in [0.1, 0.15) is 57.8 Å². The lowest BCUT2D eigenvalue weighted by Gasteiger charge is -2.67. The molecule has 10 nitrogen and oxygen atoms in total. The van der Waals surface area contributed by atoms with E-state index in [2.05, 4.69) is 0 Å². The topological polar surface area (TPSA) is 138 Å². The SMILES string of the molecule is CO[C@H]1C(=O)[C@@]2(C)[C@H]([C@H](OC(=O)c3ccccc3)C3(O)C[C@H](OC)C(C)=C1C3(C)C)[C@]1(OC(C)=O)CO[C@@H]1C[C@@H]2O. The van der Waals surface area contributed by atoms with Gasteiger partial charge in [-0.2, -0.15) is 0 Å². The highest BCUT2D eigenvalue weighted by Gasteiger charge is 2.78. The van der Waals surface area contributed by atoms with Crippen molar-refractivity contribution < 1.29 is 48.3 Å². The molecule has 1 unspecified atom stereocenters. The van der Waals surface area contributed by atoms with Gasteiger partial charge in [-0.05, 0) is 37.1 Å². The molecule has 0 spiro atoms. The van der Waals surface area contributed by atoms with Crippen molar-refractivity contribution in [3.05, 3.63) is 47.0 Å². The smallest absolute Gasteiger partial charge is 0.338 e. The number of aliphatic hydroxyl groups is 2. The Morgan fingerprint density at radius 3 is 2.27 bits per heavy atom. The summed E-state index contributed by atoms with van der Waals surface area (Å²) in [4.78, 5) is 41.1. The van der Waals surface area contributed by atoms with Crippen LogP contribution in [-0.2, 0) is 33.3 Å². The number of aliphatic hydroxyl groups excluding tert-OH is 1. The zero-order valence-corrected chi connectivity index (χ0v) is 24.6. The zero-order chi connectivity index (χ0) is 30.1. The molecule has 0 radical (unpaired) electrons. The van der Waals surface area contributed by atoms with E-state index < -0.39 is 76.2 Å². The second kappa shape index (κ2) is 9.98. The van der Waals surface area contributed by atoms with Crippen molar-refractivity contribution >= 4 is 17.7 Å². The molecule has 3 fully saturated rings. The molecule has 1 aromatic rings. The Balaban J connectivity index is 1.84. The number of rotatable bonds is 5. The largest absolute Gasteiger partial charge is 0.455 e. The Bertz CT molecular complexity index is 1270. The van der Waals surface area contributed by atoms with E-state index in [1.54, 1.807) is 51.1 Å². The molecule has 1 heterocycles. The number of methoxy groups -OCH3 is 2. The molecule has 2 N–H and O–H groups in total. The number of ether oxygens (including phenoxy) is 5. The van der Waals surface area contributed by atoms with Gasteiger partial charge in [0.05, 0.1) is 35.7 Å². The molecule has 1 saturated heterocycles. The Morgan fingerprint density at radius 2 is 1.73 bits per heavy atom. The minimum absolute atomic E-state index is 0.00233. The van der Waals surface area contributed by atoms with Gasteiger partial charge in [0, 0.05) is 39.4 Å². The van der Waals surface area contributed by atoms with Crippen LogP contribution in [0.25, 0.3) is 0 Å². The molecular weight excluding hydrogens is 532 g/mol. The molecule has 3 aliphatic carbocycles. The molecule has 2 saturated carbocycles. The van der Waals surface area contributed by atoms with Crippen molar-refractivity contribution in [2.24, 2.45) is 16.7 Å². The summed E-state index contributed by atoms with van der Waals surface area (Å²) in [7, 11) is 2.92. The van der Waals surface area contributed by atoms with E-state index in [1.165, 1.54) is 21.1 Å². The number of ketones is 1. The highest BCUT2D eigenvalue weighted by atomic mass is 16.6. The summed E-state index contributed by atoms with van der Waals surface area (Å²) >= 11 is 0. The molecule has 9 atom stereocenters. The highest BCUT2D eigenvalue weighted by Crippen LogP contribution is 2.64. The van der Waals surface area contributed by atoms with Crippen molar-refractivity contribution in [2.75, 3.05) is 20.8 Å². The first kappa shape index (κ1) is 29.8. The van der Waals surface area contributed by atoms with Gasteiger partial charge >= 0.3 is 11.9 Å². The summed E-state index contributed by atoms with van der Waals surface area (Å²) in [5.41, 5.74) is -4.71. The van der Waals surface area contributed by atoms with E-state index in [0.717, 1.165) is 5.57 Å². The molecule has 2 bridgehead atoms. The monoisotopic (exact) mass is 572 g/mol. The highest BCUT2D eigenvalue weighted by molar-refractivity contribution is 5.94. The first-order chi connectivity index (χ1) is 19.2. The second-order valence-corrected chi connectivity index (χ2v) is 12.6. The third kappa shape index (κ3) is 3.98. The van der Waals surface area contributed by atoms with Crippen LogP contribution in [0.2, 0.25) is 0 Å². The summed E-state index contributed by atoms with van der Waals surface area (Å²) in [6.07, 6.45) is -5.28. The van der Waals surface area contributed by atoms with Gasteiger partial charge in [0.15, 0.2) is 11.4 Å². The summed E-state index contributed by atoms with van der Waals surface area (Å²) in [6.45, 7) is 8.15. The molecule has 0 aromatic heterocycles. The number of esters is 2. The first-order valence-corrected chi connectivity index (χ1v) is 14.0. The number of fused-ring (bicyclic) bond motifs is 5. The molecular formula is C31H40O10. The van der Waals surface area contributed by atoms with Crippen LogP contribution in [-0.4, -0.2) is 90.5 Å². The summed E-state index contributed by atoms with van der Waals surface area (Å²) < 4.78 is 29.8. The normalized spacial score (nSPS) is 41.2. The van der Waals surface area contributed by atoms with E-state index >= 15 is 0 Å². The van der Waals surface area contributed by atoms with Crippen molar-refractivity contribution in [3.63, 3.8) is 0 Å². The van der Waals surface area contributed by atoms with Gasteiger partial charge in [-0.25, -0.2) is 4.79 Å². The predicted octanol–water partition coefficient (Wildman–Crippen LogP) is 2.39. The minimum Gasteiger partial charge on any atom is -0.455 e. The standard InChI is InChI=1S/C31H40O10/c1-16-19(37-6)14-31(36)26(40-27(35)18-11-9-8-10-12-18)24-29(5,25(34)23(38-7)22(16)28(31,3)4)20(33)13-21-30(24,15-39-21)41-17(2)32/h8-12,19-21,23-24,26,33,36H,13-15H2,1-7H3/t19-,20-,21+,23+,24-,26-,29+,30-,31?/m0/s1. The number of benzene rings is 1. The van der Waals surface area contributed by atoms with E-state index in [1.807, 2.05) is 6.92 Å². The maximum atomic E-state index is 14.8. The average molecular weight is 573 g/mol. The average Bonchev–Trinajstić information content (AvgIpc) is 2.92. The molecule has 1 aliphatic heterocycles. The Kier molecular flexibility index (Phi) is 7.27. The van der Waals surface area contributed by atoms with Crippen LogP contribution in [0.3, 0.4) is 0 Å². The lowest BCUT2D eigenvalue weighted by atomic mass is 9.44. The van der Waals surface area contributed by atoms with E-state index in [9.17, 15) is 24.6 Å². The maximum absolute atomic E-state index is 14.8. The van der Waals surface area contributed by atoms with Gasteiger partial charge < -0.3 is 33.9 Å². The van der Waals surface area contributed by atoms with Gasteiger partial charge in [0.2, 0.25) is 0 Å². The van der Waals surface area contributed by atoms with Crippen molar-refractivity contribution in [1.82, 2.24) is 0 Å². The molecule has 4 aliphatic rings. The van der Waals surface area contributed by atoms with Crippen LogP contribution in [0.5, 0.6) is 0 Å². The Labute approximate surface area is 239 Å². The second-order valence-electron chi connectivity index (χ2n) is 12.6. The van der Waals surface area contributed by atoms with Crippen LogP contribution in [0.15, 0.2) is 41.5 Å². The number of carbonyl (C=O) groups excluding carboxylic acids is 3. The number of Topliss-reactive ketones (excluding diaryl/α,β-unsaturated/α-hetero) is 1. The van der Waals surface area contributed by atoms with E-state index in [-0.39, 0.29) is 25.0 Å². The quantitative estimate of drug-likeness (QED) is 0.400. The van der Waals surface area contributed by atoms with Crippen LogP contribution >= 0.6 is 0 Å². The lowest BCUT2D eigenvalue weighted by Crippen LogP contribution is -2.81. The Hall–Kier alpha value is -2.63. The van der Waals surface area contributed by atoms with Gasteiger partial charge in [0.25, 0.3) is 0 Å². The fraction of sp³-hybridized carbons (Fsp3) is 0.645. The fourth-order valence-electron chi connectivity index (χ4n) is 8.09. The first-order valence-electron chi connectivity index (χ1n) is 14.0. The van der Waals surface area contributed by atoms with Crippen LogP contribution in [0.4, 0.5) is 0 Å². The van der Waals surface area contributed by atoms with E-state index in [0.29, 0.717) is 5.57 Å². The van der Waals surface area contributed by atoms with Gasteiger partial charge in [-0.1, -0.05) is 32.0 Å². The molecule has 0 amide bonds. The third-order valence-electron chi connectivity index (χ3n) is 10.4. The summed E-state index contributed by atoms with van der Waals surface area (Å²) in [5.74, 6) is -3.00. The van der Waals surface area contributed by atoms with Crippen molar-refractivity contribution in [1.29, 1.82) is 0 Å². The van der Waals surface area contributed by atoms with E-state index in [4.69, 9.17) is 23.7 Å². The summed E-state index contributed by atoms with van der Waals surface area (Å²) in [5, 5.41) is 24.7.